The van der Waals surface area contributed by atoms with Crippen LogP contribution < -0.4 is 26.0 Å². The molecular formula is C35H35N7O5. The molecule has 6 rings (SSSR count). The summed E-state index contributed by atoms with van der Waals surface area (Å²) >= 11 is 0. The summed E-state index contributed by atoms with van der Waals surface area (Å²) in [6.45, 7) is 1.22. The first-order valence-electron chi connectivity index (χ1n) is 15.7. The molecule has 4 amide bonds. The molecule has 1 fully saturated rings. The zero-order valence-corrected chi connectivity index (χ0v) is 25.7. The standard InChI is InChI=1S/C35H35N7O5/c43-30-18-17-28(32(44)41-30)42-33(45)26-11-8-12-27(31(26)34(42)46)36-20-6-1-2-7-22-47-25-15-13-24(14-16-25)39-35-37-21-19-29(40-35)38-23-9-4-3-5-10-23/h3-5,8-16,19,21,28,36H,1-2,6-7,17-18,20,22H2,(H,41,43,44)(H2,37,38,39,40). The average Bonchev–Trinajstić information content (AvgIpc) is 3.33. The quantitative estimate of drug-likeness (QED) is 0.105. The van der Waals surface area contributed by atoms with E-state index in [9.17, 15) is 19.2 Å². The number of aromatic nitrogens is 2. The van der Waals surface area contributed by atoms with Gasteiger partial charge in [-0.25, -0.2) is 4.98 Å². The molecular weight excluding hydrogens is 598 g/mol. The number of hydrogen-bond donors (Lipinski definition) is 4. The first-order chi connectivity index (χ1) is 23.0. The van der Waals surface area contributed by atoms with Crippen molar-refractivity contribution in [2.75, 3.05) is 29.1 Å². The van der Waals surface area contributed by atoms with Gasteiger partial charge in [-0.15, -0.1) is 0 Å². The largest absolute Gasteiger partial charge is 0.494 e. The van der Waals surface area contributed by atoms with E-state index in [0.29, 0.717) is 30.6 Å². The number of benzene rings is 3. The van der Waals surface area contributed by atoms with Gasteiger partial charge >= 0.3 is 0 Å². The summed E-state index contributed by atoms with van der Waals surface area (Å²) in [5.74, 6) is -0.0793. The molecule has 3 aromatic carbocycles. The van der Waals surface area contributed by atoms with E-state index in [1.807, 2.05) is 60.7 Å². The van der Waals surface area contributed by atoms with E-state index >= 15 is 0 Å². The van der Waals surface area contributed by atoms with Crippen LogP contribution in [0.1, 0.15) is 59.2 Å². The summed E-state index contributed by atoms with van der Waals surface area (Å²) in [4.78, 5) is 59.9. The highest BCUT2D eigenvalue weighted by Crippen LogP contribution is 2.32. The van der Waals surface area contributed by atoms with Gasteiger partial charge in [0, 0.05) is 36.2 Å². The number of para-hydroxylation sites is 1. The first-order valence-corrected chi connectivity index (χ1v) is 15.7. The number of piperidine rings is 1. The van der Waals surface area contributed by atoms with E-state index in [1.165, 1.54) is 0 Å². The third-order valence-corrected chi connectivity index (χ3v) is 7.94. The highest BCUT2D eigenvalue weighted by atomic mass is 16.5. The predicted molar refractivity (Wildman–Crippen MR) is 177 cm³/mol. The third kappa shape index (κ3) is 7.55. The molecule has 0 spiro atoms. The van der Waals surface area contributed by atoms with Crippen molar-refractivity contribution in [3.8, 4) is 5.75 Å². The van der Waals surface area contributed by atoms with Gasteiger partial charge in [-0.2, -0.15) is 4.98 Å². The molecule has 0 radical (unpaired) electrons. The van der Waals surface area contributed by atoms with Crippen LogP contribution in [0.2, 0.25) is 0 Å². The molecule has 2 aliphatic heterocycles. The Labute approximate surface area is 271 Å². The lowest BCUT2D eigenvalue weighted by Gasteiger charge is -2.27. The topological polar surface area (TPSA) is 155 Å². The van der Waals surface area contributed by atoms with Crippen LogP contribution in [0.3, 0.4) is 0 Å². The molecule has 1 atom stereocenters. The zero-order valence-electron chi connectivity index (χ0n) is 25.7. The summed E-state index contributed by atoms with van der Waals surface area (Å²) in [5, 5.41) is 12.0. The molecule has 3 heterocycles. The van der Waals surface area contributed by atoms with Crippen molar-refractivity contribution in [3.63, 3.8) is 0 Å². The molecule has 2 aliphatic rings. The average molecular weight is 634 g/mol. The summed E-state index contributed by atoms with van der Waals surface area (Å²) in [6.07, 6.45) is 5.61. The number of ether oxygens (including phenoxy) is 1. The fourth-order valence-corrected chi connectivity index (χ4v) is 5.58. The molecule has 47 heavy (non-hydrogen) atoms. The minimum atomic E-state index is -0.981. The summed E-state index contributed by atoms with van der Waals surface area (Å²) < 4.78 is 5.91. The van der Waals surface area contributed by atoms with Crippen molar-refractivity contribution in [2.45, 2.75) is 44.6 Å². The Morgan fingerprint density at radius 3 is 2.40 bits per heavy atom. The van der Waals surface area contributed by atoms with E-state index in [4.69, 9.17) is 4.74 Å². The smallest absolute Gasteiger partial charge is 0.264 e. The van der Waals surface area contributed by atoms with Crippen LogP contribution in [-0.4, -0.2) is 57.7 Å². The number of amides is 4. The normalized spacial score (nSPS) is 15.7. The number of nitrogens with one attached hydrogen (secondary N) is 4. The van der Waals surface area contributed by atoms with Gasteiger partial charge in [0.1, 0.15) is 17.6 Å². The lowest BCUT2D eigenvalue weighted by atomic mass is 10.0. The Hall–Kier alpha value is -5.78. The second-order valence-electron chi connectivity index (χ2n) is 11.3. The Morgan fingerprint density at radius 1 is 0.809 bits per heavy atom. The van der Waals surface area contributed by atoms with Crippen LogP contribution in [0.15, 0.2) is 85.1 Å². The number of rotatable bonds is 14. The Balaban J connectivity index is 0.897. The van der Waals surface area contributed by atoms with Crippen molar-refractivity contribution in [2.24, 2.45) is 0 Å². The van der Waals surface area contributed by atoms with Crippen molar-refractivity contribution in [3.05, 3.63) is 96.2 Å². The first kappa shape index (κ1) is 31.2. The van der Waals surface area contributed by atoms with E-state index in [1.54, 1.807) is 24.4 Å². The van der Waals surface area contributed by atoms with Crippen LogP contribution in [0.5, 0.6) is 5.75 Å². The predicted octanol–water partition coefficient (Wildman–Crippen LogP) is 5.42. The number of unbranched alkanes of at least 4 members (excludes halogenated alkanes) is 3. The minimum Gasteiger partial charge on any atom is -0.494 e. The summed E-state index contributed by atoms with van der Waals surface area (Å²) in [5.41, 5.74) is 2.91. The van der Waals surface area contributed by atoms with E-state index in [0.717, 1.165) is 47.7 Å². The lowest BCUT2D eigenvalue weighted by Crippen LogP contribution is -2.54. The van der Waals surface area contributed by atoms with Crippen molar-refractivity contribution >= 4 is 52.5 Å². The van der Waals surface area contributed by atoms with Crippen molar-refractivity contribution < 1.29 is 23.9 Å². The third-order valence-electron chi connectivity index (χ3n) is 7.94. The van der Waals surface area contributed by atoms with Crippen molar-refractivity contribution in [1.29, 1.82) is 0 Å². The second kappa shape index (κ2) is 14.5. The van der Waals surface area contributed by atoms with Crippen LogP contribution in [0.4, 0.5) is 28.8 Å². The monoisotopic (exact) mass is 633 g/mol. The lowest BCUT2D eigenvalue weighted by molar-refractivity contribution is -0.136. The second-order valence-corrected chi connectivity index (χ2v) is 11.3. The molecule has 1 unspecified atom stereocenters. The van der Waals surface area contributed by atoms with E-state index in [2.05, 4.69) is 31.2 Å². The van der Waals surface area contributed by atoms with Gasteiger partial charge in [0.05, 0.1) is 17.7 Å². The number of nitrogens with zero attached hydrogens (tertiary/aromatic N) is 3. The van der Waals surface area contributed by atoms with Crippen LogP contribution >= 0.6 is 0 Å². The zero-order chi connectivity index (χ0) is 32.6. The maximum absolute atomic E-state index is 13.2. The molecule has 4 N–H and O–H groups in total. The molecule has 4 aromatic rings. The van der Waals surface area contributed by atoms with Gasteiger partial charge in [0.25, 0.3) is 11.8 Å². The maximum atomic E-state index is 13.2. The maximum Gasteiger partial charge on any atom is 0.264 e. The number of fused-ring (bicyclic) bond motifs is 1. The van der Waals surface area contributed by atoms with Gasteiger partial charge in [0.15, 0.2) is 0 Å². The van der Waals surface area contributed by atoms with Crippen LogP contribution in [0, 0.1) is 0 Å². The van der Waals surface area contributed by atoms with Crippen LogP contribution in [-0.2, 0) is 9.59 Å². The summed E-state index contributed by atoms with van der Waals surface area (Å²) in [7, 11) is 0. The highest BCUT2D eigenvalue weighted by molar-refractivity contribution is 6.25. The molecule has 240 valence electrons. The van der Waals surface area contributed by atoms with Gasteiger partial charge in [-0.05, 0) is 73.9 Å². The fourth-order valence-electron chi connectivity index (χ4n) is 5.58. The highest BCUT2D eigenvalue weighted by Gasteiger charge is 2.45. The number of imide groups is 2. The van der Waals surface area contributed by atoms with Gasteiger partial charge in [-0.3, -0.25) is 29.4 Å². The SMILES string of the molecule is O=C1CCC(N2C(=O)c3cccc(NCCCCCCOc4ccc(Nc5nccc(Nc6ccccc6)n5)cc4)c3C2=O)C(=O)N1. The Morgan fingerprint density at radius 2 is 1.60 bits per heavy atom. The molecule has 0 aliphatic carbocycles. The Bertz CT molecular complexity index is 1760. The molecule has 1 saturated heterocycles. The molecule has 0 bridgehead atoms. The number of anilines is 5. The number of carbonyl (C=O) groups is 4. The Kier molecular flexibility index (Phi) is 9.66. The summed E-state index contributed by atoms with van der Waals surface area (Å²) in [6, 6.07) is 23.4. The van der Waals surface area contributed by atoms with Crippen LogP contribution in [0.25, 0.3) is 0 Å². The van der Waals surface area contributed by atoms with E-state index < -0.39 is 29.7 Å². The van der Waals surface area contributed by atoms with Gasteiger partial charge < -0.3 is 20.7 Å². The molecule has 12 heteroatoms. The van der Waals surface area contributed by atoms with Gasteiger partial charge in [-0.1, -0.05) is 37.1 Å². The molecule has 1 aromatic heterocycles. The molecule has 0 saturated carbocycles. The minimum absolute atomic E-state index is 0.0867. The molecule has 12 nitrogen and oxygen atoms in total. The van der Waals surface area contributed by atoms with Crippen molar-refractivity contribution in [1.82, 2.24) is 20.2 Å². The fraction of sp³-hybridized carbons (Fsp3) is 0.257. The number of hydrogen-bond acceptors (Lipinski definition) is 10. The van der Waals surface area contributed by atoms with E-state index in [-0.39, 0.29) is 24.0 Å². The van der Waals surface area contributed by atoms with Gasteiger partial charge in [0.2, 0.25) is 17.8 Å². The number of carbonyl (C=O) groups excluding carboxylic acids is 4.